The minimum Gasteiger partial charge on any atom is -0.466 e. The van der Waals surface area contributed by atoms with Crippen LogP contribution in [0.15, 0.2) is 12.2 Å². The molecule has 0 aliphatic heterocycles. The van der Waals surface area contributed by atoms with Crippen LogP contribution in [0.2, 0.25) is 0 Å². The predicted octanol–water partition coefficient (Wildman–Crippen LogP) is 17.7. The van der Waals surface area contributed by atoms with E-state index in [0.29, 0.717) is 25.9 Å². The van der Waals surface area contributed by atoms with E-state index in [1.165, 1.54) is 231 Å². The second-order valence-electron chi connectivity index (χ2n) is 20.0. The number of carbonyl (C=O) groups excluding carboxylic acids is 2. The molecule has 0 heterocycles. The smallest absolute Gasteiger partial charge is 0.305 e. The molecule has 64 heavy (non-hydrogen) atoms. The molecule has 0 radical (unpaired) electrons. The first-order chi connectivity index (χ1) is 31.5. The molecule has 0 fully saturated rings. The molecule has 2 unspecified atom stereocenters. The lowest BCUT2D eigenvalue weighted by molar-refractivity contribution is -0.143. The first-order valence-electron chi connectivity index (χ1n) is 28.9. The lowest BCUT2D eigenvalue weighted by Gasteiger charge is -2.22. The van der Waals surface area contributed by atoms with Crippen LogP contribution in [0.4, 0.5) is 0 Å². The Hall–Kier alpha value is -1.40. The van der Waals surface area contributed by atoms with Gasteiger partial charge in [-0.15, -0.1) is 0 Å². The van der Waals surface area contributed by atoms with E-state index in [1.807, 2.05) is 0 Å². The van der Waals surface area contributed by atoms with Crippen LogP contribution in [0.1, 0.15) is 322 Å². The molecule has 0 aliphatic rings. The summed E-state index contributed by atoms with van der Waals surface area (Å²) >= 11 is 0. The molecular weight excluding hydrogens is 791 g/mol. The number of amides is 1. The molecule has 0 bridgehead atoms. The summed E-state index contributed by atoms with van der Waals surface area (Å²) in [6.07, 6.45) is 63.4. The molecule has 0 aromatic heterocycles. The molecule has 1 amide bonds. The largest absolute Gasteiger partial charge is 0.466 e. The number of carbonyl (C=O) groups is 2. The van der Waals surface area contributed by atoms with Gasteiger partial charge in [-0.2, -0.15) is 0 Å². The lowest BCUT2D eigenvalue weighted by Crippen LogP contribution is -2.45. The number of aliphatic hydroxyl groups excluding tert-OH is 2. The van der Waals surface area contributed by atoms with Gasteiger partial charge in [0, 0.05) is 12.8 Å². The summed E-state index contributed by atoms with van der Waals surface area (Å²) in [5, 5.41) is 23.3. The maximum Gasteiger partial charge on any atom is 0.305 e. The Morgan fingerprint density at radius 1 is 0.422 bits per heavy atom. The number of unbranched alkanes of at least 4 members (excludes halogenated alkanes) is 41. The maximum atomic E-state index is 12.5. The summed E-state index contributed by atoms with van der Waals surface area (Å²) in [5.74, 6) is -0.0709. The van der Waals surface area contributed by atoms with Crippen molar-refractivity contribution in [1.82, 2.24) is 5.32 Å². The normalized spacial score (nSPS) is 12.6. The Kier molecular flexibility index (Phi) is 53.0. The second kappa shape index (κ2) is 54.2. The van der Waals surface area contributed by atoms with Gasteiger partial charge in [0.2, 0.25) is 5.91 Å². The quantitative estimate of drug-likeness (QED) is 0.0321. The highest BCUT2D eigenvalue weighted by Crippen LogP contribution is 2.17. The molecule has 3 N–H and O–H groups in total. The fourth-order valence-corrected chi connectivity index (χ4v) is 9.11. The number of allylic oxidation sites excluding steroid dienone is 2. The molecule has 0 spiro atoms. The zero-order valence-electron chi connectivity index (χ0n) is 43.3. The Balaban J connectivity index is 3.46. The van der Waals surface area contributed by atoms with Crippen molar-refractivity contribution in [1.29, 1.82) is 0 Å². The van der Waals surface area contributed by atoms with E-state index in [4.69, 9.17) is 4.74 Å². The summed E-state index contributed by atoms with van der Waals surface area (Å²) in [4.78, 5) is 24.6. The van der Waals surface area contributed by atoms with Crippen molar-refractivity contribution in [3.63, 3.8) is 0 Å². The van der Waals surface area contributed by atoms with E-state index in [9.17, 15) is 19.8 Å². The van der Waals surface area contributed by atoms with E-state index in [0.717, 1.165) is 57.8 Å². The van der Waals surface area contributed by atoms with Crippen LogP contribution in [-0.2, 0) is 14.3 Å². The van der Waals surface area contributed by atoms with E-state index < -0.39 is 12.1 Å². The van der Waals surface area contributed by atoms with Crippen molar-refractivity contribution >= 4 is 11.9 Å². The van der Waals surface area contributed by atoms with Gasteiger partial charge in [-0.1, -0.05) is 270 Å². The molecule has 6 nitrogen and oxygen atoms in total. The predicted molar refractivity (Wildman–Crippen MR) is 278 cm³/mol. The molecule has 380 valence electrons. The highest BCUT2D eigenvalue weighted by Gasteiger charge is 2.20. The standard InChI is InChI=1S/C58H113NO5/c1-3-5-7-9-11-13-15-17-19-21-22-23-24-25-27-30-34-38-42-46-50-56(61)55(54-60)59-57(62)51-47-43-39-35-31-29-33-37-41-45-49-53-64-58(63)52-48-44-40-36-32-28-26-20-18-16-14-12-10-8-6-4-2/h20,26,55-56,60-61H,3-19,21-25,27-54H2,1-2H3,(H,59,62)/b26-20-. The van der Waals surface area contributed by atoms with Gasteiger partial charge < -0.3 is 20.3 Å². The summed E-state index contributed by atoms with van der Waals surface area (Å²) in [6.45, 7) is 4.93. The number of rotatable bonds is 54. The van der Waals surface area contributed by atoms with Crippen molar-refractivity contribution in [2.24, 2.45) is 0 Å². The van der Waals surface area contributed by atoms with E-state index in [1.54, 1.807) is 0 Å². The Labute approximate surface area is 399 Å². The molecule has 2 atom stereocenters. The minimum absolute atomic E-state index is 0.0199. The van der Waals surface area contributed by atoms with Crippen LogP contribution in [0.3, 0.4) is 0 Å². The highest BCUT2D eigenvalue weighted by molar-refractivity contribution is 5.76. The number of aliphatic hydroxyl groups is 2. The van der Waals surface area contributed by atoms with Gasteiger partial charge in [0.15, 0.2) is 0 Å². The molecule has 0 saturated heterocycles. The summed E-state index contributed by atoms with van der Waals surface area (Å²) in [7, 11) is 0. The Morgan fingerprint density at radius 3 is 1.11 bits per heavy atom. The van der Waals surface area contributed by atoms with E-state index >= 15 is 0 Å². The number of ether oxygens (including phenoxy) is 1. The summed E-state index contributed by atoms with van der Waals surface area (Å²) in [6, 6.07) is -0.556. The Morgan fingerprint density at radius 2 is 0.734 bits per heavy atom. The molecule has 0 rings (SSSR count). The SMILES string of the molecule is CCCCCCCCC/C=C\CCCCCCCC(=O)OCCCCCCCCCCCCCC(=O)NC(CO)C(O)CCCCCCCCCCCCCCCCCCCCCC. The van der Waals surface area contributed by atoms with Gasteiger partial charge in [-0.3, -0.25) is 9.59 Å². The van der Waals surface area contributed by atoms with Gasteiger partial charge >= 0.3 is 5.97 Å². The van der Waals surface area contributed by atoms with Crippen LogP contribution in [0, 0.1) is 0 Å². The van der Waals surface area contributed by atoms with Crippen molar-refractivity contribution in [3.8, 4) is 0 Å². The average molecular weight is 905 g/mol. The zero-order chi connectivity index (χ0) is 46.5. The lowest BCUT2D eigenvalue weighted by atomic mass is 10.0. The van der Waals surface area contributed by atoms with Gasteiger partial charge in [0.1, 0.15) is 0 Å². The van der Waals surface area contributed by atoms with E-state index in [2.05, 4.69) is 31.3 Å². The van der Waals surface area contributed by atoms with Crippen molar-refractivity contribution in [3.05, 3.63) is 12.2 Å². The number of nitrogens with one attached hydrogen (secondary N) is 1. The maximum absolute atomic E-state index is 12.5. The fraction of sp³-hybridized carbons (Fsp3) is 0.931. The van der Waals surface area contributed by atoms with Crippen molar-refractivity contribution in [2.45, 2.75) is 334 Å². The van der Waals surface area contributed by atoms with Gasteiger partial charge in [-0.05, 0) is 51.4 Å². The zero-order valence-corrected chi connectivity index (χ0v) is 43.3. The van der Waals surface area contributed by atoms with Gasteiger partial charge in [0.05, 0.1) is 25.4 Å². The molecular formula is C58H113NO5. The third-order valence-electron chi connectivity index (χ3n) is 13.6. The van der Waals surface area contributed by atoms with Crippen LogP contribution < -0.4 is 5.32 Å². The third-order valence-corrected chi connectivity index (χ3v) is 13.6. The summed E-state index contributed by atoms with van der Waals surface area (Å²) < 4.78 is 5.47. The molecule has 0 aliphatic carbocycles. The number of hydrogen-bond acceptors (Lipinski definition) is 5. The van der Waals surface area contributed by atoms with Crippen LogP contribution in [0.25, 0.3) is 0 Å². The van der Waals surface area contributed by atoms with Gasteiger partial charge in [0.25, 0.3) is 0 Å². The summed E-state index contributed by atoms with van der Waals surface area (Å²) in [5.41, 5.74) is 0. The molecule has 6 heteroatoms. The average Bonchev–Trinajstić information content (AvgIpc) is 3.29. The van der Waals surface area contributed by atoms with Crippen molar-refractivity contribution < 1.29 is 24.5 Å². The first kappa shape index (κ1) is 62.6. The fourth-order valence-electron chi connectivity index (χ4n) is 9.11. The van der Waals surface area contributed by atoms with Crippen LogP contribution in [-0.4, -0.2) is 47.4 Å². The third kappa shape index (κ3) is 50.0. The minimum atomic E-state index is -0.677. The molecule has 0 saturated carbocycles. The van der Waals surface area contributed by atoms with Crippen LogP contribution in [0.5, 0.6) is 0 Å². The number of esters is 1. The second-order valence-corrected chi connectivity index (χ2v) is 20.0. The van der Waals surface area contributed by atoms with E-state index in [-0.39, 0.29) is 18.5 Å². The molecule has 0 aromatic rings. The van der Waals surface area contributed by atoms with Crippen molar-refractivity contribution in [2.75, 3.05) is 13.2 Å². The van der Waals surface area contributed by atoms with Gasteiger partial charge in [-0.25, -0.2) is 0 Å². The topological polar surface area (TPSA) is 95.9 Å². The van der Waals surface area contributed by atoms with Crippen LogP contribution >= 0.6 is 0 Å². The highest BCUT2D eigenvalue weighted by atomic mass is 16.5. The first-order valence-corrected chi connectivity index (χ1v) is 28.9. The Bertz CT molecular complexity index is 955. The monoisotopic (exact) mass is 904 g/mol. The molecule has 0 aromatic carbocycles. The number of hydrogen-bond donors (Lipinski definition) is 3.